The summed E-state index contributed by atoms with van der Waals surface area (Å²) >= 11 is 0. The molecule has 15 heavy (non-hydrogen) atoms. The van der Waals surface area contributed by atoms with Crippen LogP contribution in [0.2, 0.25) is 0 Å². The quantitative estimate of drug-likeness (QED) is 0.694. The Morgan fingerprint density at radius 2 is 2.13 bits per heavy atom. The summed E-state index contributed by atoms with van der Waals surface area (Å²) in [6.45, 7) is 1.50. The Hall–Kier alpha value is -1.97. The molecule has 2 aromatic rings. The highest BCUT2D eigenvalue weighted by Gasteiger charge is 2.05. The average Bonchev–Trinajstić information content (AvgIpc) is 2.65. The van der Waals surface area contributed by atoms with Gasteiger partial charge >= 0.3 is 0 Å². The van der Waals surface area contributed by atoms with Crippen molar-refractivity contribution in [2.45, 2.75) is 6.92 Å². The smallest absolute Gasteiger partial charge is 0.178 e. The van der Waals surface area contributed by atoms with E-state index in [0.29, 0.717) is 5.69 Å². The van der Waals surface area contributed by atoms with Crippen LogP contribution in [0.25, 0.3) is 11.4 Å². The van der Waals surface area contributed by atoms with E-state index in [0.717, 1.165) is 11.4 Å². The number of carbonyl (C=O) groups is 1. The minimum Gasteiger partial charge on any atom is -0.334 e. The monoisotopic (exact) mass is 201 g/mol. The number of hydrogen-bond acceptors (Lipinski definition) is 3. The number of Topliss-reactive ketones (excluding diaryl/α,β-unsaturated/α-hetero) is 1. The highest BCUT2D eigenvalue weighted by molar-refractivity contribution is 5.92. The molecule has 2 heterocycles. The molecular weight excluding hydrogens is 190 g/mol. The zero-order chi connectivity index (χ0) is 10.8. The molecule has 76 valence electrons. The summed E-state index contributed by atoms with van der Waals surface area (Å²) in [7, 11) is 1.92. The van der Waals surface area contributed by atoms with Crippen LogP contribution in [-0.2, 0) is 7.05 Å². The molecule has 0 unspecified atom stereocenters. The van der Waals surface area contributed by atoms with Crippen LogP contribution >= 0.6 is 0 Å². The molecule has 0 spiro atoms. The fourth-order valence-corrected chi connectivity index (χ4v) is 1.38. The Morgan fingerprint density at radius 3 is 2.60 bits per heavy atom. The molecule has 0 aliphatic heterocycles. The van der Waals surface area contributed by atoms with E-state index < -0.39 is 0 Å². The maximum Gasteiger partial charge on any atom is 0.178 e. The van der Waals surface area contributed by atoms with Gasteiger partial charge in [0.05, 0.1) is 0 Å². The number of imidazole rings is 1. The highest BCUT2D eigenvalue weighted by atomic mass is 16.1. The zero-order valence-corrected chi connectivity index (χ0v) is 8.64. The van der Waals surface area contributed by atoms with Crippen molar-refractivity contribution in [3.05, 3.63) is 36.4 Å². The van der Waals surface area contributed by atoms with Crippen LogP contribution in [-0.4, -0.2) is 20.3 Å². The van der Waals surface area contributed by atoms with Gasteiger partial charge in [-0.15, -0.1) is 0 Å². The summed E-state index contributed by atoms with van der Waals surface area (Å²) < 4.78 is 1.91. The molecule has 0 aromatic carbocycles. The molecule has 4 heteroatoms. The lowest BCUT2D eigenvalue weighted by molar-refractivity contribution is 0.101. The number of pyridine rings is 1. The lowest BCUT2D eigenvalue weighted by atomic mass is 10.2. The number of hydrogen-bond donors (Lipinski definition) is 0. The van der Waals surface area contributed by atoms with Crippen molar-refractivity contribution in [3.8, 4) is 11.4 Å². The second kappa shape index (κ2) is 3.65. The Kier molecular flexibility index (Phi) is 2.33. The maximum atomic E-state index is 11.0. The van der Waals surface area contributed by atoms with Gasteiger partial charge in [-0.2, -0.15) is 0 Å². The molecule has 0 saturated heterocycles. The summed E-state index contributed by atoms with van der Waals surface area (Å²) in [5.74, 6) is 0.819. The highest BCUT2D eigenvalue weighted by Crippen LogP contribution is 2.15. The number of carbonyl (C=O) groups excluding carboxylic acids is 1. The van der Waals surface area contributed by atoms with Crippen molar-refractivity contribution < 1.29 is 4.79 Å². The van der Waals surface area contributed by atoms with Crippen LogP contribution < -0.4 is 0 Å². The number of rotatable bonds is 2. The van der Waals surface area contributed by atoms with E-state index in [4.69, 9.17) is 0 Å². The number of aromatic nitrogens is 3. The summed E-state index contributed by atoms with van der Waals surface area (Å²) in [6, 6.07) is 3.57. The van der Waals surface area contributed by atoms with Gasteiger partial charge in [0.2, 0.25) is 0 Å². The van der Waals surface area contributed by atoms with E-state index in [1.54, 1.807) is 18.5 Å². The third kappa shape index (κ3) is 1.79. The predicted molar refractivity (Wildman–Crippen MR) is 56.4 cm³/mol. The minimum atomic E-state index is -0.0265. The second-order valence-corrected chi connectivity index (χ2v) is 3.35. The van der Waals surface area contributed by atoms with Gasteiger partial charge in [0.15, 0.2) is 5.78 Å². The molecule has 4 nitrogen and oxygen atoms in total. The molecule has 0 amide bonds. The lowest BCUT2D eigenvalue weighted by Crippen LogP contribution is -1.97. The maximum absolute atomic E-state index is 11.0. The topological polar surface area (TPSA) is 47.8 Å². The number of aryl methyl sites for hydroxylation is 1. The van der Waals surface area contributed by atoms with E-state index in [1.807, 2.05) is 23.9 Å². The minimum absolute atomic E-state index is 0.0265. The first-order valence-corrected chi connectivity index (χ1v) is 4.63. The summed E-state index contributed by atoms with van der Waals surface area (Å²) in [4.78, 5) is 19.3. The van der Waals surface area contributed by atoms with Gasteiger partial charge < -0.3 is 4.57 Å². The molecule has 0 bridgehead atoms. The largest absolute Gasteiger partial charge is 0.334 e. The average molecular weight is 201 g/mol. The molecule has 2 rings (SSSR count). The van der Waals surface area contributed by atoms with Crippen LogP contribution in [0, 0.1) is 0 Å². The van der Waals surface area contributed by atoms with Crippen molar-refractivity contribution in [2.75, 3.05) is 0 Å². The van der Waals surface area contributed by atoms with E-state index in [9.17, 15) is 4.79 Å². The van der Waals surface area contributed by atoms with Crippen LogP contribution in [0.15, 0.2) is 30.7 Å². The number of ketones is 1. The van der Waals surface area contributed by atoms with Crippen LogP contribution in [0.5, 0.6) is 0 Å². The Bertz CT molecular complexity index is 485. The first-order chi connectivity index (χ1) is 7.18. The summed E-state index contributed by atoms with van der Waals surface area (Å²) in [6.07, 6.45) is 5.27. The van der Waals surface area contributed by atoms with Crippen molar-refractivity contribution in [1.29, 1.82) is 0 Å². The molecule has 0 aliphatic rings. The predicted octanol–water partition coefficient (Wildman–Crippen LogP) is 1.68. The van der Waals surface area contributed by atoms with E-state index in [1.165, 1.54) is 6.92 Å². The van der Waals surface area contributed by atoms with Gasteiger partial charge in [-0.1, -0.05) is 0 Å². The first kappa shape index (κ1) is 9.58. The SMILES string of the molecule is CC(=O)c1ccc(-c2nccn2C)cn1. The van der Waals surface area contributed by atoms with Gasteiger partial charge in [-0.3, -0.25) is 9.78 Å². The standard InChI is InChI=1S/C11H11N3O/c1-8(15)10-4-3-9(7-13-10)11-12-5-6-14(11)2/h3-7H,1-2H3. The van der Waals surface area contributed by atoms with E-state index >= 15 is 0 Å². The van der Waals surface area contributed by atoms with Crippen molar-refractivity contribution >= 4 is 5.78 Å². The van der Waals surface area contributed by atoms with Gasteiger partial charge in [-0.05, 0) is 12.1 Å². The molecule has 0 saturated carbocycles. The third-order valence-electron chi connectivity index (χ3n) is 2.20. The Labute approximate surface area is 87.6 Å². The van der Waals surface area contributed by atoms with E-state index in [-0.39, 0.29) is 5.78 Å². The van der Waals surface area contributed by atoms with Gasteiger partial charge in [0, 0.05) is 38.1 Å². The third-order valence-corrected chi connectivity index (χ3v) is 2.20. The normalized spacial score (nSPS) is 10.3. The zero-order valence-electron chi connectivity index (χ0n) is 8.64. The fraction of sp³-hybridized carbons (Fsp3) is 0.182. The van der Waals surface area contributed by atoms with Crippen molar-refractivity contribution in [3.63, 3.8) is 0 Å². The summed E-state index contributed by atoms with van der Waals surface area (Å²) in [5, 5.41) is 0. The molecule has 0 aliphatic carbocycles. The molecular formula is C11H11N3O. The molecule has 0 N–H and O–H groups in total. The van der Waals surface area contributed by atoms with Gasteiger partial charge in [0.25, 0.3) is 0 Å². The number of nitrogens with zero attached hydrogens (tertiary/aromatic N) is 3. The Balaban J connectivity index is 2.40. The molecule has 2 aromatic heterocycles. The van der Waals surface area contributed by atoms with Gasteiger partial charge in [0.1, 0.15) is 11.5 Å². The van der Waals surface area contributed by atoms with Crippen molar-refractivity contribution in [2.24, 2.45) is 7.05 Å². The van der Waals surface area contributed by atoms with E-state index in [2.05, 4.69) is 9.97 Å². The van der Waals surface area contributed by atoms with Crippen LogP contribution in [0.4, 0.5) is 0 Å². The van der Waals surface area contributed by atoms with Crippen LogP contribution in [0.3, 0.4) is 0 Å². The molecule has 0 radical (unpaired) electrons. The second-order valence-electron chi connectivity index (χ2n) is 3.35. The fourth-order valence-electron chi connectivity index (χ4n) is 1.38. The van der Waals surface area contributed by atoms with Gasteiger partial charge in [-0.25, -0.2) is 4.98 Å². The first-order valence-electron chi connectivity index (χ1n) is 4.63. The summed E-state index contributed by atoms with van der Waals surface area (Å²) in [5.41, 5.74) is 1.39. The van der Waals surface area contributed by atoms with Crippen molar-refractivity contribution in [1.82, 2.24) is 14.5 Å². The van der Waals surface area contributed by atoms with Crippen LogP contribution in [0.1, 0.15) is 17.4 Å². The lowest BCUT2D eigenvalue weighted by Gasteiger charge is -2.01. The molecule has 0 atom stereocenters. The Morgan fingerprint density at radius 1 is 1.33 bits per heavy atom. The molecule has 0 fully saturated rings.